The first-order valence-corrected chi connectivity index (χ1v) is 16.1. The molecule has 11 heteroatoms. The fourth-order valence-corrected chi connectivity index (χ4v) is 6.63. The Morgan fingerprint density at radius 2 is 1.40 bits per heavy atom. The lowest BCUT2D eigenvalue weighted by atomic mass is 10.0. The largest absolute Gasteiger partial charge is 0.355 e. The molecule has 0 bridgehead atoms. The molecule has 0 fully saturated rings. The average Bonchev–Trinajstić information content (AvgIpc) is 3.00. The molecule has 0 radical (unpaired) electrons. The predicted molar refractivity (Wildman–Crippen MR) is 172 cm³/mol. The number of rotatable bonds is 12. The number of para-hydroxylation sites is 1. The van der Waals surface area contributed by atoms with Gasteiger partial charge in [0.25, 0.3) is 10.0 Å². The number of likely N-dealkylation sites (N-methyl/N-ethyl adjacent to an activating group) is 1. The summed E-state index contributed by atoms with van der Waals surface area (Å²) in [6, 6.07) is 27.4. The zero-order valence-corrected chi connectivity index (χ0v) is 26.4. The fourth-order valence-electron chi connectivity index (χ4n) is 4.57. The number of amides is 2. The molecule has 0 aromatic heterocycles. The number of benzene rings is 4. The summed E-state index contributed by atoms with van der Waals surface area (Å²) in [6.07, 6.45) is 0.192. The van der Waals surface area contributed by atoms with E-state index in [1.54, 1.807) is 61.5 Å². The van der Waals surface area contributed by atoms with Crippen LogP contribution in [0.2, 0.25) is 15.1 Å². The lowest BCUT2D eigenvalue weighted by Crippen LogP contribution is -2.53. The van der Waals surface area contributed by atoms with Gasteiger partial charge in [0.2, 0.25) is 11.8 Å². The summed E-state index contributed by atoms with van der Waals surface area (Å²) in [6.45, 7) is 1.47. The number of carbonyl (C=O) groups excluding carboxylic acids is 2. The molecule has 4 aromatic rings. The Kier molecular flexibility index (Phi) is 11.1. The number of sulfonamides is 1. The molecule has 0 aliphatic heterocycles. The van der Waals surface area contributed by atoms with Gasteiger partial charge in [-0.1, -0.05) is 102 Å². The van der Waals surface area contributed by atoms with Crippen LogP contribution >= 0.6 is 34.8 Å². The van der Waals surface area contributed by atoms with E-state index in [1.165, 1.54) is 23.1 Å². The molecular weight excluding hydrogens is 629 g/mol. The molecule has 7 nitrogen and oxygen atoms in total. The van der Waals surface area contributed by atoms with Crippen molar-refractivity contribution in [1.29, 1.82) is 0 Å². The Morgan fingerprint density at radius 3 is 2.02 bits per heavy atom. The highest BCUT2D eigenvalue weighted by Crippen LogP contribution is 2.31. The van der Waals surface area contributed by atoms with Gasteiger partial charge in [-0.05, 0) is 54.4 Å². The highest BCUT2D eigenvalue weighted by Gasteiger charge is 2.35. The van der Waals surface area contributed by atoms with Crippen LogP contribution in [0.4, 0.5) is 5.69 Å². The van der Waals surface area contributed by atoms with Crippen LogP contribution in [0, 0.1) is 0 Å². The van der Waals surface area contributed by atoms with Crippen LogP contribution in [0.3, 0.4) is 0 Å². The van der Waals surface area contributed by atoms with Gasteiger partial charge in [-0.15, -0.1) is 0 Å². The van der Waals surface area contributed by atoms with E-state index >= 15 is 0 Å². The van der Waals surface area contributed by atoms with Gasteiger partial charge >= 0.3 is 0 Å². The summed E-state index contributed by atoms with van der Waals surface area (Å²) in [7, 11) is -4.24. The van der Waals surface area contributed by atoms with Gasteiger partial charge in [0.1, 0.15) is 12.6 Å². The van der Waals surface area contributed by atoms with Gasteiger partial charge in [0.05, 0.1) is 25.7 Å². The summed E-state index contributed by atoms with van der Waals surface area (Å²) >= 11 is 18.9. The molecule has 2 amide bonds. The van der Waals surface area contributed by atoms with Crippen molar-refractivity contribution in [3.8, 4) is 0 Å². The maximum Gasteiger partial charge on any atom is 0.264 e. The molecule has 0 aliphatic rings. The SMILES string of the molecule is CCNC(=O)[C@@H](Cc1ccccc1)N(Cc1ccc(Cl)c(Cl)c1)C(=O)CN(c1ccccc1Cl)S(=O)(=O)c1ccccc1. The molecule has 0 aliphatic carbocycles. The number of carbonyl (C=O) groups is 2. The Hall–Kier alpha value is -3.56. The highest BCUT2D eigenvalue weighted by atomic mass is 35.5. The smallest absolute Gasteiger partial charge is 0.264 e. The van der Waals surface area contributed by atoms with E-state index in [4.69, 9.17) is 34.8 Å². The van der Waals surface area contributed by atoms with Gasteiger partial charge in [0, 0.05) is 19.5 Å². The van der Waals surface area contributed by atoms with Crippen LogP contribution in [0.5, 0.6) is 0 Å². The van der Waals surface area contributed by atoms with Crippen LogP contribution in [0.15, 0.2) is 108 Å². The van der Waals surface area contributed by atoms with E-state index in [1.807, 2.05) is 30.3 Å². The van der Waals surface area contributed by atoms with Crippen molar-refractivity contribution >= 4 is 62.3 Å². The molecule has 224 valence electrons. The minimum Gasteiger partial charge on any atom is -0.355 e. The number of nitrogens with one attached hydrogen (secondary N) is 1. The molecule has 1 atom stereocenters. The van der Waals surface area contributed by atoms with Crippen molar-refractivity contribution in [2.24, 2.45) is 0 Å². The zero-order valence-electron chi connectivity index (χ0n) is 23.3. The Bertz CT molecular complexity index is 1670. The lowest BCUT2D eigenvalue weighted by molar-refractivity contribution is -0.140. The Morgan fingerprint density at radius 1 is 0.767 bits per heavy atom. The third kappa shape index (κ3) is 8.09. The number of hydrogen-bond donors (Lipinski definition) is 1. The minimum absolute atomic E-state index is 0.0108. The van der Waals surface area contributed by atoms with Gasteiger partial charge in [-0.25, -0.2) is 8.42 Å². The van der Waals surface area contributed by atoms with Gasteiger partial charge < -0.3 is 10.2 Å². The van der Waals surface area contributed by atoms with Crippen LogP contribution in [0.1, 0.15) is 18.1 Å². The summed E-state index contributed by atoms with van der Waals surface area (Å²) < 4.78 is 28.9. The van der Waals surface area contributed by atoms with Crippen LogP contribution in [-0.4, -0.2) is 44.3 Å². The number of halogens is 3. The monoisotopic (exact) mass is 657 g/mol. The van der Waals surface area contributed by atoms with E-state index in [0.29, 0.717) is 17.1 Å². The molecule has 0 saturated carbocycles. The average molecular weight is 659 g/mol. The first kappa shape index (κ1) is 32.4. The standard InChI is InChI=1S/C32H30Cl3N3O4S/c1-2-36-32(40)30(20-23-11-5-3-6-12-23)37(21-24-17-18-26(33)28(35)19-24)31(39)22-38(29-16-10-9-15-27(29)34)43(41,42)25-13-7-4-8-14-25/h3-19,30H,2,20-22H2,1H3,(H,36,40)/t30-/m1/s1. The van der Waals surface area contributed by atoms with Crippen LogP contribution in [-0.2, 0) is 32.6 Å². The Balaban J connectivity index is 1.81. The molecular formula is C32H30Cl3N3O4S. The van der Waals surface area contributed by atoms with Crippen LogP contribution in [0.25, 0.3) is 0 Å². The number of nitrogens with zero attached hydrogens (tertiary/aromatic N) is 2. The van der Waals surface area contributed by atoms with Crippen molar-refractivity contribution in [3.05, 3.63) is 129 Å². The molecule has 0 saturated heterocycles. The topological polar surface area (TPSA) is 86.8 Å². The first-order valence-electron chi connectivity index (χ1n) is 13.5. The van der Waals surface area contributed by atoms with Crippen molar-refractivity contribution < 1.29 is 18.0 Å². The molecule has 4 rings (SSSR count). The second-order valence-corrected chi connectivity index (χ2v) is 12.7. The third-order valence-corrected chi connectivity index (χ3v) is 9.52. The predicted octanol–water partition coefficient (Wildman–Crippen LogP) is 6.62. The van der Waals surface area contributed by atoms with Crippen LogP contribution < -0.4 is 9.62 Å². The molecule has 1 N–H and O–H groups in total. The normalized spacial score (nSPS) is 11.9. The molecule has 0 heterocycles. The third-order valence-electron chi connectivity index (χ3n) is 6.69. The quantitative estimate of drug-likeness (QED) is 0.185. The van der Waals surface area contributed by atoms with Gasteiger partial charge in [0.15, 0.2) is 0 Å². The summed E-state index contributed by atoms with van der Waals surface area (Å²) in [5.41, 5.74) is 1.57. The molecule has 4 aromatic carbocycles. The summed E-state index contributed by atoms with van der Waals surface area (Å²) in [5.74, 6) is -0.993. The second-order valence-electron chi connectivity index (χ2n) is 9.65. The maximum atomic E-state index is 14.4. The van der Waals surface area contributed by atoms with E-state index in [0.717, 1.165) is 9.87 Å². The van der Waals surface area contributed by atoms with E-state index < -0.39 is 28.5 Å². The van der Waals surface area contributed by atoms with Crippen molar-refractivity contribution in [3.63, 3.8) is 0 Å². The van der Waals surface area contributed by atoms with Gasteiger partial charge in [-0.2, -0.15) is 0 Å². The Labute approximate surface area is 267 Å². The molecule has 0 unspecified atom stereocenters. The maximum absolute atomic E-state index is 14.4. The lowest BCUT2D eigenvalue weighted by Gasteiger charge is -2.34. The molecule has 0 spiro atoms. The van der Waals surface area contributed by atoms with E-state index in [2.05, 4.69) is 5.32 Å². The highest BCUT2D eigenvalue weighted by molar-refractivity contribution is 7.92. The summed E-state index contributed by atoms with van der Waals surface area (Å²) in [4.78, 5) is 29.2. The first-order chi connectivity index (χ1) is 20.6. The van der Waals surface area contributed by atoms with Crippen molar-refractivity contribution in [2.75, 3.05) is 17.4 Å². The number of anilines is 1. The second kappa shape index (κ2) is 14.8. The zero-order chi connectivity index (χ0) is 31.0. The van der Waals surface area contributed by atoms with Crippen molar-refractivity contribution in [1.82, 2.24) is 10.2 Å². The fraction of sp³-hybridized carbons (Fsp3) is 0.188. The molecule has 43 heavy (non-hydrogen) atoms. The summed E-state index contributed by atoms with van der Waals surface area (Å²) in [5, 5.41) is 3.60. The van der Waals surface area contributed by atoms with Crippen molar-refractivity contribution in [2.45, 2.75) is 30.8 Å². The van der Waals surface area contributed by atoms with E-state index in [9.17, 15) is 18.0 Å². The van der Waals surface area contributed by atoms with E-state index in [-0.39, 0.29) is 39.5 Å². The van der Waals surface area contributed by atoms with Gasteiger partial charge in [-0.3, -0.25) is 13.9 Å². The number of hydrogen-bond acceptors (Lipinski definition) is 4. The minimum atomic E-state index is -4.24.